The fourth-order valence-corrected chi connectivity index (χ4v) is 3.03. The van der Waals surface area contributed by atoms with E-state index >= 15 is 0 Å². The van der Waals surface area contributed by atoms with Crippen LogP contribution in [0, 0.1) is 3.57 Å². The summed E-state index contributed by atoms with van der Waals surface area (Å²) in [7, 11) is 1.65. The van der Waals surface area contributed by atoms with E-state index in [1.54, 1.807) is 7.11 Å². The molecule has 2 rings (SSSR count). The number of hydrogen-bond acceptors (Lipinski definition) is 3. The van der Waals surface area contributed by atoms with Crippen molar-refractivity contribution in [3.63, 3.8) is 0 Å². The highest BCUT2D eigenvalue weighted by atomic mass is 127. The van der Waals surface area contributed by atoms with E-state index in [1.807, 2.05) is 30.3 Å². The first-order valence-electron chi connectivity index (χ1n) is 6.54. The van der Waals surface area contributed by atoms with Crippen molar-refractivity contribution in [3.05, 3.63) is 61.6 Å². The fraction of sp³-hybridized carbons (Fsp3) is 0.250. The summed E-state index contributed by atoms with van der Waals surface area (Å²) in [4.78, 5) is 0. The number of nitrogens with two attached hydrogens (primary N) is 1. The van der Waals surface area contributed by atoms with Crippen LogP contribution in [0.15, 0.2) is 46.9 Å². The van der Waals surface area contributed by atoms with Crippen molar-refractivity contribution >= 4 is 38.5 Å². The van der Waals surface area contributed by atoms with Gasteiger partial charge in [0.05, 0.1) is 17.1 Å². The first kappa shape index (κ1) is 16.7. The van der Waals surface area contributed by atoms with Crippen LogP contribution < -0.4 is 10.5 Å². The van der Waals surface area contributed by atoms with Gasteiger partial charge in [-0.3, -0.25) is 0 Å². The van der Waals surface area contributed by atoms with Crippen LogP contribution in [0.1, 0.15) is 17.2 Å². The summed E-state index contributed by atoms with van der Waals surface area (Å²) in [5, 5.41) is 0. The Labute approximate surface area is 147 Å². The van der Waals surface area contributed by atoms with Gasteiger partial charge in [0, 0.05) is 10.7 Å². The summed E-state index contributed by atoms with van der Waals surface area (Å²) in [6, 6.07) is 14.0. The standard InChI is InChI=1S/C16H17BrINO2/c1-20-7-8-21-15-6-5-12(10-14(15)17)16(19)11-3-2-4-13(18)9-11/h2-6,9-10,16H,7-8,19H2,1H3. The lowest BCUT2D eigenvalue weighted by molar-refractivity contribution is 0.146. The third-order valence-corrected chi connectivity index (χ3v) is 4.36. The Bertz CT molecular complexity index is 607. The van der Waals surface area contributed by atoms with E-state index in [0.29, 0.717) is 13.2 Å². The van der Waals surface area contributed by atoms with Crippen LogP contribution in [0.3, 0.4) is 0 Å². The zero-order valence-electron chi connectivity index (χ0n) is 11.7. The van der Waals surface area contributed by atoms with Crippen LogP contribution in [0.2, 0.25) is 0 Å². The quantitative estimate of drug-likeness (QED) is 0.519. The van der Waals surface area contributed by atoms with Crippen molar-refractivity contribution in [2.24, 2.45) is 5.73 Å². The molecule has 0 amide bonds. The Morgan fingerprint density at radius 1 is 1.14 bits per heavy atom. The first-order valence-corrected chi connectivity index (χ1v) is 8.41. The molecule has 0 aromatic heterocycles. The first-order chi connectivity index (χ1) is 10.1. The molecule has 0 fully saturated rings. The summed E-state index contributed by atoms with van der Waals surface area (Å²) >= 11 is 5.82. The highest BCUT2D eigenvalue weighted by Gasteiger charge is 2.11. The second-order valence-electron chi connectivity index (χ2n) is 4.56. The van der Waals surface area contributed by atoms with Crippen molar-refractivity contribution in [1.82, 2.24) is 0 Å². The van der Waals surface area contributed by atoms with Gasteiger partial charge in [-0.1, -0.05) is 18.2 Å². The van der Waals surface area contributed by atoms with E-state index in [-0.39, 0.29) is 6.04 Å². The maximum Gasteiger partial charge on any atom is 0.133 e. The largest absolute Gasteiger partial charge is 0.490 e. The van der Waals surface area contributed by atoms with Gasteiger partial charge < -0.3 is 15.2 Å². The Balaban J connectivity index is 2.15. The molecule has 21 heavy (non-hydrogen) atoms. The van der Waals surface area contributed by atoms with Crippen molar-refractivity contribution in [3.8, 4) is 5.75 Å². The minimum absolute atomic E-state index is 0.149. The van der Waals surface area contributed by atoms with Crippen LogP contribution in [0.25, 0.3) is 0 Å². The molecule has 2 aromatic carbocycles. The van der Waals surface area contributed by atoms with E-state index in [2.05, 4.69) is 50.7 Å². The van der Waals surface area contributed by atoms with Gasteiger partial charge in [-0.05, 0) is 73.9 Å². The summed E-state index contributed by atoms with van der Waals surface area (Å²) < 4.78 is 12.7. The van der Waals surface area contributed by atoms with Gasteiger partial charge in [-0.15, -0.1) is 0 Å². The molecule has 112 valence electrons. The van der Waals surface area contributed by atoms with Crippen LogP contribution in [0.4, 0.5) is 0 Å². The molecule has 0 heterocycles. The van der Waals surface area contributed by atoms with Crippen molar-refractivity contribution in [2.45, 2.75) is 6.04 Å². The smallest absolute Gasteiger partial charge is 0.133 e. The lowest BCUT2D eigenvalue weighted by Gasteiger charge is -2.15. The molecule has 0 saturated carbocycles. The maximum absolute atomic E-state index is 6.34. The summed E-state index contributed by atoms with van der Waals surface area (Å²) in [6.45, 7) is 1.09. The van der Waals surface area contributed by atoms with Crippen LogP contribution in [-0.4, -0.2) is 20.3 Å². The number of methoxy groups -OCH3 is 1. The van der Waals surface area contributed by atoms with Gasteiger partial charge in [-0.2, -0.15) is 0 Å². The SMILES string of the molecule is COCCOc1ccc(C(N)c2cccc(I)c2)cc1Br. The molecule has 2 aromatic rings. The van der Waals surface area contributed by atoms with Gasteiger partial charge >= 0.3 is 0 Å². The minimum atomic E-state index is -0.149. The third-order valence-electron chi connectivity index (χ3n) is 3.07. The number of ether oxygens (including phenoxy) is 2. The average molecular weight is 462 g/mol. The summed E-state index contributed by atoms with van der Waals surface area (Å²) in [6.07, 6.45) is 0. The topological polar surface area (TPSA) is 44.5 Å². The molecule has 1 unspecified atom stereocenters. The Morgan fingerprint density at radius 3 is 2.57 bits per heavy atom. The van der Waals surface area contributed by atoms with Gasteiger partial charge in [0.1, 0.15) is 12.4 Å². The van der Waals surface area contributed by atoms with E-state index in [9.17, 15) is 0 Å². The van der Waals surface area contributed by atoms with Gasteiger partial charge in [0.2, 0.25) is 0 Å². The molecule has 0 aliphatic rings. The Kier molecular flexibility index (Phi) is 6.47. The predicted octanol–water partition coefficient (Wildman–Crippen LogP) is 4.13. The fourth-order valence-electron chi connectivity index (χ4n) is 1.96. The lowest BCUT2D eigenvalue weighted by Crippen LogP contribution is -2.12. The number of halogens is 2. The molecule has 0 aliphatic heterocycles. The number of hydrogen-bond donors (Lipinski definition) is 1. The van der Waals surface area contributed by atoms with E-state index in [4.69, 9.17) is 15.2 Å². The lowest BCUT2D eigenvalue weighted by atomic mass is 10.00. The molecule has 0 aliphatic carbocycles. The molecule has 0 spiro atoms. The zero-order valence-corrected chi connectivity index (χ0v) is 15.4. The highest BCUT2D eigenvalue weighted by Crippen LogP contribution is 2.30. The molecule has 0 saturated heterocycles. The van der Waals surface area contributed by atoms with E-state index in [0.717, 1.165) is 21.3 Å². The monoisotopic (exact) mass is 461 g/mol. The zero-order chi connectivity index (χ0) is 15.2. The molecule has 1 atom stereocenters. The second kappa shape index (κ2) is 8.12. The Hall–Kier alpha value is -0.630. The third kappa shape index (κ3) is 4.67. The van der Waals surface area contributed by atoms with Crippen LogP contribution >= 0.6 is 38.5 Å². The predicted molar refractivity (Wildman–Crippen MR) is 96.7 cm³/mol. The number of rotatable bonds is 6. The molecule has 0 bridgehead atoms. The van der Waals surface area contributed by atoms with Crippen molar-refractivity contribution in [1.29, 1.82) is 0 Å². The van der Waals surface area contributed by atoms with E-state index < -0.39 is 0 Å². The van der Waals surface area contributed by atoms with Gasteiger partial charge in [0.15, 0.2) is 0 Å². The van der Waals surface area contributed by atoms with Crippen molar-refractivity contribution < 1.29 is 9.47 Å². The molecular formula is C16H17BrINO2. The second-order valence-corrected chi connectivity index (χ2v) is 6.66. The summed E-state index contributed by atoms with van der Waals surface area (Å²) in [5.41, 5.74) is 8.48. The molecular weight excluding hydrogens is 445 g/mol. The maximum atomic E-state index is 6.34. The van der Waals surface area contributed by atoms with Crippen molar-refractivity contribution in [2.75, 3.05) is 20.3 Å². The minimum Gasteiger partial charge on any atom is -0.490 e. The highest BCUT2D eigenvalue weighted by molar-refractivity contribution is 14.1. The van der Waals surface area contributed by atoms with E-state index in [1.165, 1.54) is 3.57 Å². The molecule has 2 N–H and O–H groups in total. The molecule has 5 heteroatoms. The van der Waals surface area contributed by atoms with Gasteiger partial charge in [0.25, 0.3) is 0 Å². The average Bonchev–Trinajstić information content (AvgIpc) is 2.48. The van der Waals surface area contributed by atoms with Crippen LogP contribution in [0.5, 0.6) is 5.75 Å². The Morgan fingerprint density at radius 2 is 1.90 bits per heavy atom. The van der Waals surface area contributed by atoms with Gasteiger partial charge in [-0.25, -0.2) is 0 Å². The molecule has 0 radical (unpaired) electrons. The number of benzene rings is 2. The normalized spacial score (nSPS) is 12.2. The van der Waals surface area contributed by atoms with Crippen LogP contribution in [-0.2, 0) is 4.74 Å². The summed E-state index contributed by atoms with van der Waals surface area (Å²) in [5.74, 6) is 0.797. The molecule has 3 nitrogen and oxygen atoms in total.